The standard InChI is InChI=1S/C13H13N5O/c1-8-5-12(18-17-8)16-13-10-6-9(19-2)3-4-11(10)14-7-15-13/h3-7H,1-2H3,(H2,14,15,16,17,18). The summed E-state index contributed by atoms with van der Waals surface area (Å²) in [5.41, 5.74) is 1.84. The fourth-order valence-corrected chi connectivity index (χ4v) is 1.87. The monoisotopic (exact) mass is 255 g/mol. The van der Waals surface area contributed by atoms with Gasteiger partial charge in [0.15, 0.2) is 5.82 Å². The molecule has 2 N–H and O–H groups in total. The number of hydrogen-bond donors (Lipinski definition) is 2. The van der Waals surface area contributed by atoms with Gasteiger partial charge in [0, 0.05) is 17.1 Å². The Balaban J connectivity index is 2.06. The maximum absolute atomic E-state index is 5.23. The van der Waals surface area contributed by atoms with E-state index in [-0.39, 0.29) is 0 Å². The first-order valence-electron chi connectivity index (χ1n) is 5.84. The summed E-state index contributed by atoms with van der Waals surface area (Å²) in [6.45, 7) is 1.94. The number of aryl methyl sites for hydroxylation is 1. The lowest BCUT2D eigenvalue weighted by Crippen LogP contribution is -1.96. The van der Waals surface area contributed by atoms with Gasteiger partial charge in [0.25, 0.3) is 0 Å². The molecule has 0 radical (unpaired) electrons. The first-order valence-corrected chi connectivity index (χ1v) is 5.84. The summed E-state index contributed by atoms with van der Waals surface area (Å²) in [5, 5.41) is 11.1. The van der Waals surface area contributed by atoms with E-state index >= 15 is 0 Å². The van der Waals surface area contributed by atoms with E-state index < -0.39 is 0 Å². The summed E-state index contributed by atoms with van der Waals surface area (Å²) in [4.78, 5) is 8.48. The van der Waals surface area contributed by atoms with Crippen molar-refractivity contribution in [2.24, 2.45) is 0 Å². The first-order chi connectivity index (χ1) is 9.26. The zero-order valence-electron chi connectivity index (χ0n) is 10.6. The van der Waals surface area contributed by atoms with Crippen LogP contribution in [0.3, 0.4) is 0 Å². The second-order valence-electron chi connectivity index (χ2n) is 4.17. The van der Waals surface area contributed by atoms with Crippen LogP contribution in [0.4, 0.5) is 11.6 Å². The molecule has 2 aromatic heterocycles. The molecule has 0 aliphatic carbocycles. The van der Waals surface area contributed by atoms with E-state index in [1.807, 2.05) is 31.2 Å². The fraction of sp³-hybridized carbons (Fsp3) is 0.154. The van der Waals surface area contributed by atoms with Gasteiger partial charge in [-0.2, -0.15) is 5.10 Å². The summed E-state index contributed by atoms with van der Waals surface area (Å²) in [5.74, 6) is 2.19. The Morgan fingerprint density at radius 2 is 2.11 bits per heavy atom. The molecule has 0 saturated heterocycles. The highest BCUT2D eigenvalue weighted by Gasteiger charge is 2.07. The Morgan fingerprint density at radius 3 is 2.84 bits per heavy atom. The van der Waals surface area contributed by atoms with Crippen LogP contribution >= 0.6 is 0 Å². The highest BCUT2D eigenvalue weighted by atomic mass is 16.5. The van der Waals surface area contributed by atoms with Gasteiger partial charge in [-0.3, -0.25) is 5.10 Å². The smallest absolute Gasteiger partial charge is 0.153 e. The number of H-pyrrole nitrogens is 1. The van der Waals surface area contributed by atoms with Gasteiger partial charge in [0.1, 0.15) is 17.9 Å². The summed E-state index contributed by atoms with van der Waals surface area (Å²) in [7, 11) is 1.63. The zero-order valence-corrected chi connectivity index (χ0v) is 10.6. The Hall–Kier alpha value is -2.63. The van der Waals surface area contributed by atoms with E-state index in [0.29, 0.717) is 5.82 Å². The Kier molecular flexibility index (Phi) is 2.75. The third kappa shape index (κ3) is 2.20. The first kappa shape index (κ1) is 11.5. The Labute approximate surface area is 109 Å². The van der Waals surface area contributed by atoms with E-state index in [4.69, 9.17) is 4.74 Å². The van der Waals surface area contributed by atoms with Crippen LogP contribution in [0.1, 0.15) is 5.69 Å². The lowest BCUT2D eigenvalue weighted by atomic mass is 10.2. The Morgan fingerprint density at radius 1 is 1.21 bits per heavy atom. The van der Waals surface area contributed by atoms with Gasteiger partial charge in [-0.05, 0) is 25.1 Å². The predicted octanol–water partition coefficient (Wildman–Crippen LogP) is 2.41. The van der Waals surface area contributed by atoms with Crippen molar-refractivity contribution in [3.8, 4) is 5.75 Å². The lowest BCUT2D eigenvalue weighted by molar-refractivity contribution is 0.415. The lowest BCUT2D eigenvalue weighted by Gasteiger charge is -2.07. The fourth-order valence-electron chi connectivity index (χ4n) is 1.87. The predicted molar refractivity (Wildman–Crippen MR) is 72.7 cm³/mol. The molecule has 0 bridgehead atoms. The van der Waals surface area contributed by atoms with Crippen LogP contribution in [0.25, 0.3) is 10.9 Å². The summed E-state index contributed by atoms with van der Waals surface area (Å²) < 4.78 is 5.23. The van der Waals surface area contributed by atoms with Crippen LogP contribution in [-0.4, -0.2) is 27.3 Å². The minimum Gasteiger partial charge on any atom is -0.497 e. The number of hydrogen-bond acceptors (Lipinski definition) is 5. The second kappa shape index (κ2) is 4.56. The molecule has 0 aliphatic heterocycles. The van der Waals surface area contributed by atoms with Gasteiger partial charge in [-0.15, -0.1) is 0 Å². The maximum Gasteiger partial charge on any atom is 0.153 e. The van der Waals surface area contributed by atoms with E-state index in [9.17, 15) is 0 Å². The molecule has 0 saturated carbocycles. The molecular formula is C13H13N5O. The third-order valence-electron chi connectivity index (χ3n) is 2.79. The van der Waals surface area contributed by atoms with Crippen molar-refractivity contribution in [3.63, 3.8) is 0 Å². The maximum atomic E-state index is 5.23. The normalized spacial score (nSPS) is 10.6. The van der Waals surface area contributed by atoms with Crippen molar-refractivity contribution in [1.29, 1.82) is 0 Å². The molecule has 6 heteroatoms. The topological polar surface area (TPSA) is 75.7 Å². The van der Waals surface area contributed by atoms with Gasteiger partial charge < -0.3 is 10.1 Å². The van der Waals surface area contributed by atoms with E-state index in [2.05, 4.69) is 25.5 Å². The van der Waals surface area contributed by atoms with Crippen molar-refractivity contribution in [3.05, 3.63) is 36.3 Å². The number of aromatic nitrogens is 4. The van der Waals surface area contributed by atoms with E-state index in [1.165, 1.54) is 6.33 Å². The number of fused-ring (bicyclic) bond motifs is 1. The molecule has 0 fully saturated rings. The number of rotatable bonds is 3. The number of ether oxygens (including phenoxy) is 1. The van der Waals surface area contributed by atoms with Gasteiger partial charge in [-0.25, -0.2) is 9.97 Å². The molecule has 0 atom stereocenters. The van der Waals surface area contributed by atoms with Gasteiger partial charge in [-0.1, -0.05) is 0 Å². The molecule has 1 aromatic carbocycles. The largest absolute Gasteiger partial charge is 0.497 e. The number of aromatic amines is 1. The van der Waals surface area contributed by atoms with Crippen molar-refractivity contribution in [1.82, 2.24) is 20.2 Å². The van der Waals surface area contributed by atoms with Crippen LogP contribution in [0.5, 0.6) is 5.75 Å². The van der Waals surface area contributed by atoms with Crippen LogP contribution < -0.4 is 10.1 Å². The summed E-state index contributed by atoms with van der Waals surface area (Å²) in [6, 6.07) is 7.58. The molecular weight excluding hydrogens is 242 g/mol. The molecule has 0 amide bonds. The van der Waals surface area contributed by atoms with Crippen molar-refractivity contribution < 1.29 is 4.74 Å². The summed E-state index contributed by atoms with van der Waals surface area (Å²) >= 11 is 0. The molecule has 6 nitrogen and oxygen atoms in total. The van der Waals surface area contributed by atoms with Crippen LogP contribution in [-0.2, 0) is 0 Å². The Bertz CT molecular complexity index is 722. The number of nitrogens with one attached hydrogen (secondary N) is 2. The van der Waals surface area contributed by atoms with Crippen molar-refractivity contribution >= 4 is 22.5 Å². The summed E-state index contributed by atoms with van der Waals surface area (Å²) in [6.07, 6.45) is 1.52. The number of benzene rings is 1. The molecule has 2 heterocycles. The van der Waals surface area contributed by atoms with Crippen molar-refractivity contribution in [2.75, 3.05) is 12.4 Å². The van der Waals surface area contributed by atoms with Gasteiger partial charge in [0.05, 0.1) is 12.6 Å². The second-order valence-corrected chi connectivity index (χ2v) is 4.17. The highest BCUT2D eigenvalue weighted by molar-refractivity contribution is 5.91. The zero-order chi connectivity index (χ0) is 13.2. The number of nitrogens with zero attached hydrogens (tertiary/aromatic N) is 3. The molecule has 96 valence electrons. The minimum atomic E-state index is 0.704. The minimum absolute atomic E-state index is 0.704. The van der Waals surface area contributed by atoms with E-state index in [1.54, 1.807) is 7.11 Å². The van der Waals surface area contributed by atoms with Gasteiger partial charge in [0.2, 0.25) is 0 Å². The van der Waals surface area contributed by atoms with E-state index in [0.717, 1.165) is 28.2 Å². The van der Waals surface area contributed by atoms with Crippen molar-refractivity contribution in [2.45, 2.75) is 6.92 Å². The average molecular weight is 255 g/mol. The quantitative estimate of drug-likeness (QED) is 0.751. The molecule has 0 aliphatic rings. The molecule has 3 aromatic rings. The highest BCUT2D eigenvalue weighted by Crippen LogP contribution is 2.25. The molecule has 0 spiro atoms. The third-order valence-corrected chi connectivity index (χ3v) is 2.79. The van der Waals surface area contributed by atoms with Crippen LogP contribution in [0.15, 0.2) is 30.6 Å². The number of anilines is 2. The molecule has 0 unspecified atom stereocenters. The molecule has 19 heavy (non-hydrogen) atoms. The number of methoxy groups -OCH3 is 1. The SMILES string of the molecule is COc1ccc2ncnc(Nc3cc(C)[nH]n3)c2c1. The van der Waals surface area contributed by atoms with Crippen LogP contribution in [0.2, 0.25) is 0 Å². The molecule has 3 rings (SSSR count). The van der Waals surface area contributed by atoms with Crippen LogP contribution in [0, 0.1) is 6.92 Å². The average Bonchev–Trinajstić information content (AvgIpc) is 2.84. The van der Waals surface area contributed by atoms with Gasteiger partial charge >= 0.3 is 0 Å².